The van der Waals surface area contributed by atoms with Crippen LogP contribution in [0.5, 0.6) is 0 Å². The van der Waals surface area contributed by atoms with Gasteiger partial charge < -0.3 is 11.1 Å². The number of carbonyl (C=O) groups is 1. The molecule has 0 heterocycles. The van der Waals surface area contributed by atoms with Gasteiger partial charge in [0.2, 0.25) is 15.9 Å². The number of fused-ring (bicyclic) bond motifs is 2. The molecule has 1 aromatic rings. The fraction of sp³-hybridized carbons (Fsp3) is 0.611. The molecule has 2 aliphatic carbocycles. The smallest absolute Gasteiger partial charge is 0.240 e. The predicted octanol–water partition coefficient (Wildman–Crippen LogP) is 2.50. The van der Waals surface area contributed by atoms with Crippen LogP contribution in [-0.2, 0) is 14.8 Å². The number of hydrogen-bond donors (Lipinski definition) is 3. The van der Waals surface area contributed by atoms with Crippen LogP contribution in [-0.4, -0.2) is 26.4 Å². The van der Waals surface area contributed by atoms with Crippen LogP contribution in [0.4, 0.5) is 5.69 Å². The lowest BCUT2D eigenvalue weighted by Gasteiger charge is -2.27. The first-order valence-corrected chi connectivity index (χ1v) is 10.5. The minimum Gasteiger partial charge on any atom is -0.327 e. The Morgan fingerprint density at radius 1 is 1.31 bits per heavy atom. The van der Waals surface area contributed by atoms with Crippen molar-refractivity contribution >= 4 is 34.0 Å². The van der Waals surface area contributed by atoms with Gasteiger partial charge in [-0.25, -0.2) is 13.1 Å². The second-order valence-electron chi connectivity index (χ2n) is 7.38. The summed E-state index contributed by atoms with van der Waals surface area (Å²) in [6.45, 7) is 3.74. The molecule has 26 heavy (non-hydrogen) atoms. The second-order valence-corrected chi connectivity index (χ2v) is 9.10. The normalized spacial score (nSPS) is 28.4. The Morgan fingerprint density at radius 3 is 2.62 bits per heavy atom. The molecule has 5 atom stereocenters. The zero-order valence-electron chi connectivity index (χ0n) is 15.1. The molecule has 1 aromatic carbocycles. The van der Waals surface area contributed by atoms with Gasteiger partial charge in [0.05, 0.1) is 10.8 Å². The summed E-state index contributed by atoms with van der Waals surface area (Å²) in [5, 5.41) is 2.87. The first-order chi connectivity index (χ1) is 11.8. The van der Waals surface area contributed by atoms with Gasteiger partial charge in [0.25, 0.3) is 0 Å². The summed E-state index contributed by atoms with van der Waals surface area (Å²) in [7, 11) is -3.59. The van der Waals surface area contributed by atoms with Gasteiger partial charge in [-0.15, -0.1) is 12.4 Å². The van der Waals surface area contributed by atoms with Gasteiger partial charge in [0.1, 0.15) is 0 Å². The molecule has 2 bridgehead atoms. The average Bonchev–Trinajstić information content (AvgIpc) is 3.15. The minimum absolute atomic E-state index is 0. The highest BCUT2D eigenvalue weighted by molar-refractivity contribution is 7.89. The summed E-state index contributed by atoms with van der Waals surface area (Å²) in [6, 6.07) is 6.15. The third kappa shape index (κ3) is 4.22. The Hall–Kier alpha value is -1.15. The van der Waals surface area contributed by atoms with E-state index in [-0.39, 0.29) is 41.2 Å². The van der Waals surface area contributed by atoms with Crippen molar-refractivity contribution in [2.75, 3.05) is 5.32 Å². The lowest BCUT2D eigenvalue weighted by atomic mass is 9.84. The predicted molar refractivity (Wildman–Crippen MR) is 105 cm³/mol. The topological polar surface area (TPSA) is 101 Å². The standard InChI is InChI=1S/C18H27N3O3S.ClH/c1-3-11(2)21-25(23,24)15-6-4-5-14(10-15)20-18(22)16-12-7-8-13(9-12)17(16)19;/h4-6,10-13,16-17,21H,3,7-9,19H2,1-2H3,(H,20,22);1H. The molecule has 0 aromatic heterocycles. The second kappa shape index (κ2) is 8.25. The molecule has 0 saturated heterocycles. The molecule has 1 amide bonds. The first kappa shape index (κ1) is 21.2. The quantitative estimate of drug-likeness (QED) is 0.681. The van der Waals surface area contributed by atoms with Crippen LogP contribution in [0.2, 0.25) is 0 Å². The van der Waals surface area contributed by atoms with Crippen LogP contribution in [0.15, 0.2) is 29.2 Å². The lowest BCUT2D eigenvalue weighted by Crippen LogP contribution is -2.42. The van der Waals surface area contributed by atoms with Gasteiger partial charge in [-0.3, -0.25) is 4.79 Å². The van der Waals surface area contributed by atoms with E-state index < -0.39 is 10.0 Å². The molecular formula is C18H28ClN3O3S. The van der Waals surface area contributed by atoms with Crippen LogP contribution in [0.3, 0.4) is 0 Å². The Balaban J connectivity index is 0.00000243. The van der Waals surface area contributed by atoms with Crippen molar-refractivity contribution in [1.29, 1.82) is 0 Å². The number of nitrogens with two attached hydrogens (primary N) is 1. The molecule has 2 saturated carbocycles. The van der Waals surface area contributed by atoms with Crippen molar-refractivity contribution < 1.29 is 13.2 Å². The average molecular weight is 402 g/mol. The molecule has 0 spiro atoms. The fourth-order valence-electron chi connectivity index (χ4n) is 4.11. The number of amides is 1. The third-order valence-electron chi connectivity index (χ3n) is 5.66. The monoisotopic (exact) mass is 401 g/mol. The van der Waals surface area contributed by atoms with Crippen molar-refractivity contribution in [2.24, 2.45) is 23.5 Å². The molecule has 0 radical (unpaired) electrons. The highest BCUT2D eigenvalue weighted by atomic mass is 35.5. The van der Waals surface area contributed by atoms with Crippen molar-refractivity contribution in [3.05, 3.63) is 24.3 Å². The van der Waals surface area contributed by atoms with Crippen LogP contribution in [0, 0.1) is 17.8 Å². The highest BCUT2D eigenvalue weighted by Crippen LogP contribution is 2.47. The Bertz CT molecular complexity index is 754. The van der Waals surface area contributed by atoms with E-state index in [2.05, 4.69) is 10.0 Å². The maximum atomic E-state index is 12.6. The number of sulfonamides is 1. The van der Waals surface area contributed by atoms with E-state index in [0.717, 1.165) is 19.3 Å². The molecule has 8 heteroatoms. The number of nitrogens with one attached hydrogen (secondary N) is 2. The van der Waals surface area contributed by atoms with Gasteiger partial charge in [0, 0.05) is 17.8 Å². The van der Waals surface area contributed by atoms with E-state index in [0.29, 0.717) is 23.9 Å². The van der Waals surface area contributed by atoms with Crippen molar-refractivity contribution in [3.63, 3.8) is 0 Å². The van der Waals surface area contributed by atoms with Crippen molar-refractivity contribution in [1.82, 2.24) is 4.72 Å². The number of carbonyl (C=O) groups excluding carboxylic acids is 1. The summed E-state index contributed by atoms with van der Waals surface area (Å²) >= 11 is 0. The SMILES string of the molecule is CCC(C)NS(=O)(=O)c1cccc(NC(=O)C2C3CCC(C3)C2N)c1.Cl. The Morgan fingerprint density at radius 2 is 2.00 bits per heavy atom. The number of rotatable bonds is 6. The molecule has 3 rings (SSSR count). The summed E-state index contributed by atoms with van der Waals surface area (Å²) in [6.07, 6.45) is 3.92. The van der Waals surface area contributed by atoms with E-state index >= 15 is 0 Å². The zero-order valence-corrected chi connectivity index (χ0v) is 16.8. The molecular weight excluding hydrogens is 374 g/mol. The highest BCUT2D eigenvalue weighted by Gasteiger charge is 2.49. The molecule has 0 aliphatic heterocycles. The molecule has 4 N–H and O–H groups in total. The van der Waals surface area contributed by atoms with E-state index in [4.69, 9.17) is 5.73 Å². The largest absolute Gasteiger partial charge is 0.327 e. The van der Waals surface area contributed by atoms with Gasteiger partial charge in [-0.05, 0) is 62.6 Å². The van der Waals surface area contributed by atoms with E-state index in [1.54, 1.807) is 12.1 Å². The number of hydrogen-bond acceptors (Lipinski definition) is 4. The molecule has 5 unspecified atom stereocenters. The summed E-state index contributed by atoms with van der Waals surface area (Å²) in [5.74, 6) is 0.549. The molecule has 146 valence electrons. The van der Waals surface area contributed by atoms with Crippen molar-refractivity contribution in [3.8, 4) is 0 Å². The molecule has 2 fully saturated rings. The maximum Gasteiger partial charge on any atom is 0.240 e. The lowest BCUT2D eigenvalue weighted by molar-refractivity contribution is -0.121. The number of benzene rings is 1. The fourth-order valence-corrected chi connectivity index (χ4v) is 5.48. The molecule has 6 nitrogen and oxygen atoms in total. The number of anilines is 1. The summed E-state index contributed by atoms with van der Waals surface area (Å²) in [5.41, 5.74) is 6.71. The first-order valence-electron chi connectivity index (χ1n) is 9.00. The Labute approximate surface area is 161 Å². The van der Waals surface area contributed by atoms with Crippen molar-refractivity contribution in [2.45, 2.75) is 56.5 Å². The number of halogens is 1. The molecule has 2 aliphatic rings. The van der Waals surface area contributed by atoms with Gasteiger partial charge in [0.15, 0.2) is 0 Å². The van der Waals surface area contributed by atoms with E-state index in [1.807, 2.05) is 13.8 Å². The maximum absolute atomic E-state index is 12.6. The van der Waals surface area contributed by atoms with Crippen LogP contribution < -0.4 is 15.8 Å². The summed E-state index contributed by atoms with van der Waals surface area (Å²) < 4.78 is 27.4. The third-order valence-corrected chi connectivity index (χ3v) is 7.25. The Kier molecular flexibility index (Phi) is 6.71. The van der Waals surface area contributed by atoms with Gasteiger partial charge in [-0.2, -0.15) is 0 Å². The van der Waals surface area contributed by atoms with Gasteiger partial charge >= 0.3 is 0 Å². The van der Waals surface area contributed by atoms with Gasteiger partial charge in [-0.1, -0.05) is 13.0 Å². The zero-order chi connectivity index (χ0) is 18.2. The minimum atomic E-state index is -3.59. The summed E-state index contributed by atoms with van der Waals surface area (Å²) in [4.78, 5) is 12.8. The van der Waals surface area contributed by atoms with Crippen LogP contribution in [0.25, 0.3) is 0 Å². The van der Waals surface area contributed by atoms with Crippen LogP contribution >= 0.6 is 12.4 Å². The van der Waals surface area contributed by atoms with Crippen LogP contribution in [0.1, 0.15) is 39.5 Å². The van der Waals surface area contributed by atoms with E-state index in [1.165, 1.54) is 12.1 Å². The van der Waals surface area contributed by atoms with E-state index in [9.17, 15) is 13.2 Å².